The quantitative estimate of drug-likeness (QED) is 0.770. The van der Waals surface area contributed by atoms with Crippen molar-refractivity contribution in [3.8, 4) is 0 Å². The molecule has 0 spiro atoms. The number of carbonyl (C=O) groups is 1. The zero-order chi connectivity index (χ0) is 19.7. The van der Waals surface area contributed by atoms with Gasteiger partial charge in [0.15, 0.2) is 15.0 Å². The SMILES string of the molecule is Cc1ccc(CN2C(=NC(=O)Cc3ccccc3)S[C@@H]3CS(=O)(=O)C[C@@H]32)cc1. The summed E-state index contributed by atoms with van der Waals surface area (Å²) in [4.78, 5) is 18.9. The van der Waals surface area contributed by atoms with Crippen LogP contribution in [-0.4, -0.2) is 47.2 Å². The first-order valence-corrected chi connectivity index (χ1v) is 11.9. The van der Waals surface area contributed by atoms with Crippen LogP contribution in [0.4, 0.5) is 0 Å². The van der Waals surface area contributed by atoms with Gasteiger partial charge < -0.3 is 4.90 Å². The first-order valence-electron chi connectivity index (χ1n) is 9.24. The van der Waals surface area contributed by atoms with Gasteiger partial charge in [0.25, 0.3) is 5.91 Å². The van der Waals surface area contributed by atoms with Crippen LogP contribution in [0, 0.1) is 6.92 Å². The summed E-state index contributed by atoms with van der Waals surface area (Å²) in [6.07, 6.45) is 0.247. The first kappa shape index (κ1) is 19.2. The van der Waals surface area contributed by atoms with Crippen molar-refractivity contribution < 1.29 is 13.2 Å². The van der Waals surface area contributed by atoms with E-state index in [9.17, 15) is 13.2 Å². The predicted octanol–water partition coefficient (Wildman–Crippen LogP) is 2.83. The van der Waals surface area contributed by atoms with Crippen molar-refractivity contribution in [2.75, 3.05) is 11.5 Å². The van der Waals surface area contributed by atoms with E-state index in [1.807, 2.05) is 66.4 Å². The van der Waals surface area contributed by atoms with E-state index in [1.54, 1.807) is 0 Å². The highest BCUT2D eigenvalue weighted by molar-refractivity contribution is 8.15. The Labute approximate surface area is 169 Å². The molecule has 2 heterocycles. The second-order valence-electron chi connectivity index (χ2n) is 7.36. The normalized spacial score (nSPS) is 24.5. The minimum absolute atomic E-state index is 0.0567. The Morgan fingerprint density at radius 3 is 2.50 bits per heavy atom. The highest BCUT2D eigenvalue weighted by Gasteiger charge is 2.48. The average molecular weight is 415 g/mol. The van der Waals surface area contributed by atoms with Gasteiger partial charge in [0.2, 0.25) is 0 Å². The van der Waals surface area contributed by atoms with Crippen molar-refractivity contribution in [1.82, 2.24) is 4.90 Å². The molecular weight excluding hydrogens is 392 g/mol. The van der Waals surface area contributed by atoms with Crippen LogP contribution in [0.3, 0.4) is 0 Å². The molecule has 0 bridgehead atoms. The van der Waals surface area contributed by atoms with Gasteiger partial charge in [-0.2, -0.15) is 4.99 Å². The van der Waals surface area contributed by atoms with Gasteiger partial charge in [0.05, 0.1) is 24.0 Å². The molecule has 0 radical (unpaired) electrons. The smallest absolute Gasteiger partial charge is 0.252 e. The molecule has 146 valence electrons. The van der Waals surface area contributed by atoms with E-state index in [4.69, 9.17) is 0 Å². The zero-order valence-electron chi connectivity index (χ0n) is 15.6. The van der Waals surface area contributed by atoms with E-state index in [2.05, 4.69) is 4.99 Å². The van der Waals surface area contributed by atoms with E-state index >= 15 is 0 Å². The number of fused-ring (bicyclic) bond motifs is 1. The maximum Gasteiger partial charge on any atom is 0.252 e. The Morgan fingerprint density at radius 1 is 1.07 bits per heavy atom. The summed E-state index contributed by atoms with van der Waals surface area (Å²) >= 11 is 1.43. The molecule has 2 aromatic carbocycles. The Kier molecular flexibility index (Phi) is 5.29. The number of rotatable bonds is 4. The molecule has 2 aliphatic heterocycles. The molecule has 0 aliphatic carbocycles. The Morgan fingerprint density at radius 2 is 1.79 bits per heavy atom. The highest BCUT2D eigenvalue weighted by atomic mass is 32.2. The van der Waals surface area contributed by atoms with E-state index < -0.39 is 9.84 Å². The molecule has 5 nitrogen and oxygen atoms in total. The summed E-state index contributed by atoms with van der Waals surface area (Å²) < 4.78 is 24.2. The van der Waals surface area contributed by atoms with Crippen molar-refractivity contribution in [2.45, 2.75) is 31.2 Å². The third-order valence-corrected chi connectivity index (χ3v) is 8.31. The molecular formula is C21H22N2O3S2. The maximum atomic E-state index is 12.5. The third-order valence-electron chi connectivity index (χ3n) is 5.07. The van der Waals surface area contributed by atoms with E-state index in [-0.39, 0.29) is 35.1 Å². The lowest BCUT2D eigenvalue weighted by Gasteiger charge is -2.24. The fourth-order valence-corrected chi connectivity index (χ4v) is 7.60. The van der Waals surface area contributed by atoms with E-state index in [0.29, 0.717) is 11.7 Å². The largest absolute Gasteiger partial charge is 0.342 e. The van der Waals surface area contributed by atoms with Crippen molar-refractivity contribution >= 4 is 32.7 Å². The summed E-state index contributed by atoms with van der Waals surface area (Å²) in [6, 6.07) is 17.6. The fourth-order valence-electron chi connectivity index (χ4n) is 3.63. The number of amides is 1. The van der Waals surface area contributed by atoms with Gasteiger partial charge >= 0.3 is 0 Å². The Balaban J connectivity index is 1.57. The van der Waals surface area contributed by atoms with Crippen LogP contribution in [0.1, 0.15) is 16.7 Å². The van der Waals surface area contributed by atoms with Gasteiger partial charge in [-0.05, 0) is 18.1 Å². The lowest BCUT2D eigenvalue weighted by atomic mass is 10.1. The minimum atomic E-state index is -3.04. The van der Waals surface area contributed by atoms with Crippen LogP contribution in [-0.2, 0) is 27.6 Å². The Hall–Kier alpha value is -2.12. The molecule has 0 N–H and O–H groups in total. The van der Waals surface area contributed by atoms with Crippen LogP contribution < -0.4 is 0 Å². The summed E-state index contributed by atoms with van der Waals surface area (Å²) in [6.45, 7) is 2.59. The number of aliphatic imine (C=N–C) groups is 1. The minimum Gasteiger partial charge on any atom is -0.342 e. The molecule has 7 heteroatoms. The molecule has 1 amide bonds. The van der Waals surface area contributed by atoms with Gasteiger partial charge in [-0.1, -0.05) is 71.9 Å². The number of nitrogens with zero attached hydrogens (tertiary/aromatic N) is 2. The van der Waals surface area contributed by atoms with Crippen LogP contribution >= 0.6 is 11.8 Å². The second kappa shape index (κ2) is 7.72. The van der Waals surface area contributed by atoms with Crippen molar-refractivity contribution in [3.05, 3.63) is 71.3 Å². The molecule has 2 aliphatic rings. The maximum absolute atomic E-state index is 12.5. The number of aryl methyl sites for hydroxylation is 1. The summed E-state index contributed by atoms with van der Waals surface area (Å²) in [5.74, 6) is 0.0755. The molecule has 4 rings (SSSR count). The molecule has 28 heavy (non-hydrogen) atoms. The first-order chi connectivity index (χ1) is 13.4. The third kappa shape index (κ3) is 4.31. The van der Waals surface area contributed by atoms with Crippen molar-refractivity contribution in [2.24, 2.45) is 4.99 Å². The summed E-state index contributed by atoms with van der Waals surface area (Å²) in [7, 11) is -3.04. The predicted molar refractivity (Wildman–Crippen MR) is 113 cm³/mol. The van der Waals surface area contributed by atoms with Crippen LogP contribution in [0.15, 0.2) is 59.6 Å². The van der Waals surface area contributed by atoms with Crippen molar-refractivity contribution in [3.63, 3.8) is 0 Å². The van der Waals surface area contributed by atoms with Gasteiger partial charge in [-0.3, -0.25) is 4.79 Å². The number of sulfone groups is 1. The average Bonchev–Trinajstić information content (AvgIpc) is 3.10. The molecule has 2 saturated heterocycles. The number of carbonyl (C=O) groups excluding carboxylic acids is 1. The topological polar surface area (TPSA) is 66.8 Å². The van der Waals surface area contributed by atoms with E-state index in [0.717, 1.165) is 11.1 Å². The summed E-state index contributed by atoms with van der Waals surface area (Å²) in [5.41, 5.74) is 3.18. The van der Waals surface area contributed by atoms with Crippen LogP contribution in [0.5, 0.6) is 0 Å². The molecule has 2 fully saturated rings. The lowest BCUT2D eigenvalue weighted by Crippen LogP contribution is -2.37. The number of amidine groups is 1. The molecule has 0 saturated carbocycles. The zero-order valence-corrected chi connectivity index (χ0v) is 17.2. The number of thioether (sulfide) groups is 1. The monoisotopic (exact) mass is 414 g/mol. The van der Waals surface area contributed by atoms with Crippen LogP contribution in [0.25, 0.3) is 0 Å². The number of benzene rings is 2. The summed E-state index contributed by atoms with van der Waals surface area (Å²) in [5, 5.41) is 0.588. The van der Waals surface area contributed by atoms with Crippen LogP contribution in [0.2, 0.25) is 0 Å². The van der Waals surface area contributed by atoms with Crippen molar-refractivity contribution in [1.29, 1.82) is 0 Å². The van der Waals surface area contributed by atoms with E-state index in [1.165, 1.54) is 17.3 Å². The van der Waals surface area contributed by atoms with Gasteiger partial charge in [-0.25, -0.2) is 8.42 Å². The lowest BCUT2D eigenvalue weighted by molar-refractivity contribution is -0.117. The number of hydrogen-bond acceptors (Lipinski definition) is 4. The fraction of sp³-hybridized carbons (Fsp3) is 0.333. The molecule has 2 aromatic rings. The Bertz CT molecular complexity index is 1000. The number of hydrogen-bond donors (Lipinski definition) is 0. The molecule has 0 aromatic heterocycles. The van der Waals surface area contributed by atoms with Gasteiger partial charge in [-0.15, -0.1) is 0 Å². The highest BCUT2D eigenvalue weighted by Crippen LogP contribution is 2.39. The second-order valence-corrected chi connectivity index (χ2v) is 10.7. The molecule has 2 atom stereocenters. The van der Waals surface area contributed by atoms with Gasteiger partial charge in [0.1, 0.15) is 0 Å². The standard InChI is InChI=1S/C21H22N2O3S2/c1-15-7-9-17(10-8-15)12-23-18-13-28(25,26)14-19(18)27-21(23)22-20(24)11-16-5-3-2-4-6-16/h2-10,18-19H,11-14H2,1H3/t18-,19+/m0/s1. The van der Waals surface area contributed by atoms with Gasteiger partial charge in [0, 0.05) is 11.8 Å². The molecule has 0 unspecified atom stereocenters.